The number of carboxylic acids is 1. The smallest absolute Gasteiger partial charge is 0.305 e. The minimum Gasteiger partial charge on any atom is -0.481 e. The Hall–Kier alpha value is -1.34. The van der Waals surface area contributed by atoms with E-state index in [2.05, 4.69) is 10.0 Å². The minimum atomic E-state index is -1.07. The molecule has 0 amide bonds. The molecule has 0 aromatic rings. The summed E-state index contributed by atoms with van der Waals surface area (Å²) >= 11 is 0. The summed E-state index contributed by atoms with van der Waals surface area (Å²) in [7, 11) is 0. The SMILES string of the molecule is [N-]=[N+]=NCCC(O)CCC(O)CCC(O)CC(=O)O. The van der Waals surface area contributed by atoms with Gasteiger partial charge in [-0.3, -0.25) is 4.79 Å². The summed E-state index contributed by atoms with van der Waals surface area (Å²) < 4.78 is 0. The van der Waals surface area contributed by atoms with E-state index in [4.69, 9.17) is 10.6 Å². The molecule has 0 saturated carbocycles. The predicted molar refractivity (Wildman–Crippen MR) is 67.4 cm³/mol. The highest BCUT2D eigenvalue weighted by molar-refractivity contribution is 5.67. The Morgan fingerprint density at radius 3 is 1.95 bits per heavy atom. The van der Waals surface area contributed by atoms with Crippen LogP contribution in [0.2, 0.25) is 0 Å². The topological polar surface area (TPSA) is 147 Å². The van der Waals surface area contributed by atoms with E-state index >= 15 is 0 Å². The van der Waals surface area contributed by atoms with Crippen molar-refractivity contribution in [1.82, 2.24) is 0 Å². The molecule has 8 heteroatoms. The standard InChI is InChI=1S/C11H21N3O5/c12-14-13-6-5-9(16)2-1-8(15)3-4-10(17)7-11(18)19/h8-10,15-17H,1-7H2,(H,18,19). The minimum absolute atomic E-state index is 0.211. The summed E-state index contributed by atoms with van der Waals surface area (Å²) in [6.07, 6.45) is -1.03. The van der Waals surface area contributed by atoms with Crippen LogP contribution in [0.25, 0.3) is 10.4 Å². The van der Waals surface area contributed by atoms with Gasteiger partial charge in [0.2, 0.25) is 0 Å². The number of aliphatic carboxylic acids is 1. The quantitative estimate of drug-likeness (QED) is 0.250. The molecule has 0 bridgehead atoms. The lowest BCUT2D eigenvalue weighted by Gasteiger charge is -2.15. The Morgan fingerprint density at radius 1 is 1.00 bits per heavy atom. The van der Waals surface area contributed by atoms with Crippen molar-refractivity contribution in [2.45, 2.75) is 56.8 Å². The van der Waals surface area contributed by atoms with Gasteiger partial charge in [-0.2, -0.15) is 0 Å². The maximum absolute atomic E-state index is 10.3. The second-order valence-corrected chi connectivity index (χ2v) is 4.46. The Morgan fingerprint density at radius 2 is 1.47 bits per heavy atom. The number of aliphatic hydroxyl groups is 3. The van der Waals surface area contributed by atoms with Gasteiger partial charge in [0, 0.05) is 11.5 Å². The fourth-order valence-electron chi connectivity index (χ4n) is 1.61. The molecule has 0 fully saturated rings. The summed E-state index contributed by atoms with van der Waals surface area (Å²) in [5.74, 6) is -1.07. The van der Waals surface area contributed by atoms with Crippen LogP contribution in [0, 0.1) is 0 Å². The van der Waals surface area contributed by atoms with Crippen LogP contribution in [-0.4, -0.2) is 51.3 Å². The van der Waals surface area contributed by atoms with Crippen LogP contribution in [0.1, 0.15) is 38.5 Å². The summed E-state index contributed by atoms with van der Waals surface area (Å²) in [6, 6.07) is 0. The van der Waals surface area contributed by atoms with Gasteiger partial charge in [-0.25, -0.2) is 0 Å². The van der Waals surface area contributed by atoms with Gasteiger partial charge in [-0.05, 0) is 37.6 Å². The van der Waals surface area contributed by atoms with Crippen LogP contribution in [0.4, 0.5) is 0 Å². The zero-order valence-corrected chi connectivity index (χ0v) is 10.7. The average molecular weight is 275 g/mol. The molecular formula is C11H21N3O5. The third-order valence-electron chi connectivity index (χ3n) is 2.70. The van der Waals surface area contributed by atoms with Crippen LogP contribution in [0.3, 0.4) is 0 Å². The monoisotopic (exact) mass is 275 g/mol. The number of carboxylic acid groups (broad SMARTS) is 1. The highest BCUT2D eigenvalue weighted by atomic mass is 16.4. The molecule has 0 saturated heterocycles. The maximum Gasteiger partial charge on any atom is 0.305 e. The van der Waals surface area contributed by atoms with Crippen molar-refractivity contribution in [3.05, 3.63) is 10.4 Å². The molecule has 8 nitrogen and oxygen atoms in total. The van der Waals surface area contributed by atoms with Crippen molar-refractivity contribution < 1.29 is 25.2 Å². The van der Waals surface area contributed by atoms with Crippen molar-refractivity contribution in [3.8, 4) is 0 Å². The summed E-state index contributed by atoms with van der Waals surface area (Å²) in [5, 5.41) is 40.1. The van der Waals surface area contributed by atoms with Crippen molar-refractivity contribution >= 4 is 5.97 Å². The molecule has 0 aromatic heterocycles. The second kappa shape index (κ2) is 10.6. The summed E-state index contributed by atoms with van der Waals surface area (Å²) in [5.41, 5.74) is 8.05. The fraction of sp³-hybridized carbons (Fsp3) is 0.909. The van der Waals surface area contributed by atoms with Crippen molar-refractivity contribution in [2.75, 3.05) is 6.54 Å². The lowest BCUT2D eigenvalue weighted by atomic mass is 10.0. The zero-order chi connectivity index (χ0) is 14.7. The molecule has 19 heavy (non-hydrogen) atoms. The van der Waals surface area contributed by atoms with Gasteiger partial charge in [-0.15, -0.1) is 0 Å². The predicted octanol–water partition coefficient (Wildman–Crippen LogP) is 0.805. The van der Waals surface area contributed by atoms with Gasteiger partial charge in [0.15, 0.2) is 0 Å². The van der Waals surface area contributed by atoms with E-state index in [0.29, 0.717) is 19.3 Å². The van der Waals surface area contributed by atoms with Gasteiger partial charge in [0.25, 0.3) is 0 Å². The summed E-state index contributed by atoms with van der Waals surface area (Å²) in [4.78, 5) is 12.9. The fourth-order valence-corrected chi connectivity index (χ4v) is 1.61. The first-order chi connectivity index (χ1) is 8.95. The first kappa shape index (κ1) is 17.7. The molecule has 3 unspecified atom stereocenters. The van der Waals surface area contributed by atoms with Crippen LogP contribution in [-0.2, 0) is 4.79 Å². The van der Waals surface area contributed by atoms with Crippen molar-refractivity contribution in [1.29, 1.82) is 0 Å². The molecule has 0 aromatic carbocycles. The molecule has 0 heterocycles. The molecule has 4 N–H and O–H groups in total. The van der Waals surface area contributed by atoms with Crippen molar-refractivity contribution in [2.24, 2.45) is 5.11 Å². The number of nitrogens with zero attached hydrogens (tertiary/aromatic N) is 3. The first-order valence-corrected chi connectivity index (χ1v) is 6.22. The Labute approximate surface area is 111 Å². The normalized spacial score (nSPS) is 15.3. The Kier molecular flexibility index (Phi) is 9.82. The lowest BCUT2D eigenvalue weighted by Crippen LogP contribution is -2.18. The zero-order valence-electron chi connectivity index (χ0n) is 10.7. The highest BCUT2D eigenvalue weighted by Gasteiger charge is 2.13. The highest BCUT2D eigenvalue weighted by Crippen LogP contribution is 2.12. The van der Waals surface area contributed by atoms with E-state index in [1.807, 2.05) is 0 Å². The number of rotatable bonds is 11. The number of azide groups is 1. The molecule has 0 aliphatic heterocycles. The van der Waals surface area contributed by atoms with E-state index in [-0.39, 0.29) is 25.8 Å². The van der Waals surface area contributed by atoms with Crippen LogP contribution >= 0.6 is 0 Å². The second-order valence-electron chi connectivity index (χ2n) is 4.46. The van der Waals surface area contributed by atoms with E-state index < -0.39 is 24.3 Å². The molecule has 0 rings (SSSR count). The molecule has 0 aliphatic carbocycles. The van der Waals surface area contributed by atoms with Gasteiger partial charge >= 0.3 is 5.97 Å². The molecule has 0 aliphatic rings. The van der Waals surface area contributed by atoms with Crippen LogP contribution in [0.15, 0.2) is 5.11 Å². The molecular weight excluding hydrogens is 254 g/mol. The van der Waals surface area contributed by atoms with E-state index in [0.717, 1.165) is 0 Å². The van der Waals surface area contributed by atoms with Gasteiger partial charge in [0.05, 0.1) is 24.7 Å². The van der Waals surface area contributed by atoms with Gasteiger partial charge in [-0.1, -0.05) is 5.11 Å². The van der Waals surface area contributed by atoms with E-state index in [1.165, 1.54) is 0 Å². The number of hydrogen-bond donors (Lipinski definition) is 4. The van der Waals surface area contributed by atoms with Gasteiger partial charge in [0.1, 0.15) is 0 Å². The third-order valence-corrected chi connectivity index (χ3v) is 2.70. The third kappa shape index (κ3) is 11.5. The molecule has 0 radical (unpaired) electrons. The van der Waals surface area contributed by atoms with Crippen LogP contribution < -0.4 is 0 Å². The molecule has 0 spiro atoms. The maximum atomic E-state index is 10.3. The Bertz CT molecular complexity index is 307. The number of aliphatic hydroxyl groups excluding tert-OH is 3. The Balaban J connectivity index is 3.65. The molecule has 110 valence electrons. The number of carbonyl (C=O) groups is 1. The van der Waals surface area contributed by atoms with Gasteiger partial charge < -0.3 is 20.4 Å². The average Bonchev–Trinajstić information content (AvgIpc) is 2.33. The summed E-state index contributed by atoms with van der Waals surface area (Å²) in [6.45, 7) is 0.213. The lowest BCUT2D eigenvalue weighted by molar-refractivity contribution is -0.139. The first-order valence-electron chi connectivity index (χ1n) is 6.22. The van der Waals surface area contributed by atoms with Crippen LogP contribution in [0.5, 0.6) is 0 Å². The van der Waals surface area contributed by atoms with Crippen molar-refractivity contribution in [3.63, 3.8) is 0 Å². The van der Waals surface area contributed by atoms with E-state index in [1.54, 1.807) is 0 Å². The van der Waals surface area contributed by atoms with E-state index in [9.17, 15) is 20.1 Å². The number of hydrogen-bond acceptors (Lipinski definition) is 5. The molecule has 3 atom stereocenters. The largest absolute Gasteiger partial charge is 0.481 e.